The van der Waals surface area contributed by atoms with Crippen LogP contribution in [-0.4, -0.2) is 70.5 Å². The molecular formula is C30H29N5O8S4. The van der Waals surface area contributed by atoms with E-state index in [9.17, 15) is 30.6 Å². The van der Waals surface area contributed by atoms with Crippen LogP contribution in [0.15, 0.2) is 105 Å². The van der Waals surface area contributed by atoms with Crippen molar-refractivity contribution in [3.63, 3.8) is 0 Å². The number of hydrogen-bond donors (Lipinski definition) is 2. The van der Waals surface area contributed by atoms with Gasteiger partial charge in [0, 0.05) is 21.4 Å². The van der Waals surface area contributed by atoms with Gasteiger partial charge in [-0.1, -0.05) is 24.3 Å². The van der Waals surface area contributed by atoms with E-state index in [0.29, 0.717) is 10.6 Å². The molecule has 4 aromatic rings. The average molecular weight is 716 g/mol. The first-order valence-electron chi connectivity index (χ1n) is 13.6. The van der Waals surface area contributed by atoms with Crippen molar-refractivity contribution in [2.24, 2.45) is 16.5 Å². The molecule has 0 bridgehead atoms. The number of carbonyl (C=O) groups excluding carboxylic acids is 2. The number of carbonyl (C=O) groups is 2. The molecule has 0 spiro atoms. The summed E-state index contributed by atoms with van der Waals surface area (Å²) < 4.78 is 75.0. The molecule has 0 aliphatic rings. The summed E-state index contributed by atoms with van der Waals surface area (Å²) in [5.41, 5.74) is 11.0. The molecule has 0 saturated heterocycles. The Morgan fingerprint density at radius 3 is 1.64 bits per heavy atom. The summed E-state index contributed by atoms with van der Waals surface area (Å²) >= 11 is 4.51. The zero-order chi connectivity index (χ0) is 34.4. The minimum absolute atomic E-state index is 0.00898. The molecule has 2 amide bonds. The Morgan fingerprint density at radius 1 is 0.787 bits per heavy atom. The lowest BCUT2D eigenvalue weighted by molar-refractivity contribution is -0.117. The van der Waals surface area contributed by atoms with Gasteiger partial charge in [-0.25, -0.2) is 21.8 Å². The van der Waals surface area contributed by atoms with Crippen LogP contribution in [0.3, 0.4) is 0 Å². The van der Waals surface area contributed by atoms with Gasteiger partial charge >= 0.3 is 0 Å². The second kappa shape index (κ2) is 14.8. The van der Waals surface area contributed by atoms with Gasteiger partial charge in [-0.2, -0.15) is 0 Å². The number of fused-ring (bicyclic) bond motifs is 1. The van der Waals surface area contributed by atoms with Crippen LogP contribution in [0.25, 0.3) is 10.8 Å². The molecule has 1 unspecified atom stereocenters. The molecule has 0 saturated carbocycles. The number of isothiocyanates is 1. The van der Waals surface area contributed by atoms with E-state index in [0.717, 1.165) is 8.61 Å². The molecule has 13 nitrogen and oxygen atoms in total. The fraction of sp³-hybridized carbons (Fsp3) is 0.167. The van der Waals surface area contributed by atoms with E-state index in [4.69, 9.17) is 16.2 Å². The fourth-order valence-corrected chi connectivity index (χ4v) is 8.57. The maximum absolute atomic E-state index is 14.0. The third-order valence-corrected chi connectivity index (χ3v) is 11.8. The number of hydrogen-bond acceptors (Lipinski definition) is 10. The third kappa shape index (κ3) is 7.84. The Labute approximate surface area is 279 Å². The number of primary amides is 2. The number of anilines is 2. The first-order chi connectivity index (χ1) is 22.3. The van der Waals surface area contributed by atoms with Gasteiger partial charge in [0.05, 0.1) is 50.8 Å². The molecule has 0 aliphatic heterocycles. The molecule has 0 aliphatic carbocycles. The fourth-order valence-electron chi connectivity index (χ4n) is 4.64. The minimum atomic E-state index is -4.46. The lowest BCUT2D eigenvalue weighted by Gasteiger charge is -2.28. The van der Waals surface area contributed by atoms with Crippen molar-refractivity contribution in [1.82, 2.24) is 0 Å². The lowest BCUT2D eigenvalue weighted by Crippen LogP contribution is -2.39. The Balaban J connectivity index is 1.84. The highest BCUT2D eigenvalue weighted by Crippen LogP contribution is 2.38. The molecule has 47 heavy (non-hydrogen) atoms. The average Bonchev–Trinajstić information content (AvgIpc) is 3.05. The first-order valence-corrected chi connectivity index (χ1v) is 18.2. The second-order valence-corrected chi connectivity index (χ2v) is 15.3. The Kier molecular flexibility index (Phi) is 11.1. The minimum Gasteiger partial charge on any atom is -0.497 e. The van der Waals surface area contributed by atoms with E-state index in [1.165, 1.54) is 73.8 Å². The van der Waals surface area contributed by atoms with Crippen LogP contribution >= 0.6 is 12.2 Å². The highest BCUT2D eigenvalue weighted by atomic mass is 32.2. The first kappa shape index (κ1) is 35.2. The summed E-state index contributed by atoms with van der Waals surface area (Å²) in [5.74, 6) is -1.33. The monoisotopic (exact) mass is 715 g/mol. The molecule has 17 heteroatoms. The summed E-state index contributed by atoms with van der Waals surface area (Å²) in [5, 5.41) is 2.65. The van der Waals surface area contributed by atoms with E-state index in [-0.39, 0.29) is 44.2 Å². The van der Waals surface area contributed by atoms with E-state index in [2.05, 4.69) is 22.4 Å². The van der Waals surface area contributed by atoms with E-state index in [1.54, 1.807) is 18.2 Å². The molecule has 4 rings (SSSR count). The van der Waals surface area contributed by atoms with Gasteiger partial charge in [0.2, 0.25) is 11.8 Å². The van der Waals surface area contributed by atoms with Gasteiger partial charge in [0.15, 0.2) is 0 Å². The predicted molar refractivity (Wildman–Crippen MR) is 182 cm³/mol. The number of ether oxygens (including phenoxy) is 1. The standard InChI is InChI=1S/C30H29N5O8S4/c1-43-21-6-10-23(11-7-21)46(39,40)34(18-29(31)36)27-14-15-28(26-5-3-2-4-25(26)27)35(19-30(32)37)47(41,42)24-12-8-22(9-13-24)45(38)17-16-33-20-44/h2-15H,16-19H2,1H3,(H2,31,36)(H2,32,37). The quantitative estimate of drug-likeness (QED) is 0.137. The summed E-state index contributed by atoms with van der Waals surface area (Å²) in [6.07, 6.45) is 0. The number of amides is 2. The number of nitrogens with two attached hydrogens (primary N) is 2. The summed E-state index contributed by atoms with van der Waals surface area (Å²) in [7, 11) is -8.89. The van der Waals surface area contributed by atoms with Crippen LogP contribution in [0, 0.1) is 0 Å². The number of nitrogens with zero attached hydrogens (tertiary/aromatic N) is 3. The second-order valence-electron chi connectivity index (χ2n) is 9.77. The van der Waals surface area contributed by atoms with E-state index in [1.807, 2.05) is 0 Å². The molecule has 0 fully saturated rings. The molecule has 246 valence electrons. The number of benzene rings is 4. The van der Waals surface area contributed by atoms with Crippen molar-refractivity contribution in [3.05, 3.63) is 84.9 Å². The predicted octanol–water partition coefficient (Wildman–Crippen LogP) is 2.42. The Bertz CT molecular complexity index is 2100. The molecule has 4 N–H and O–H groups in total. The smallest absolute Gasteiger partial charge is 0.264 e. The van der Waals surface area contributed by atoms with Crippen molar-refractivity contribution < 1.29 is 35.4 Å². The molecule has 0 heterocycles. The van der Waals surface area contributed by atoms with Gasteiger partial charge < -0.3 is 16.2 Å². The van der Waals surface area contributed by atoms with Crippen molar-refractivity contribution in [3.8, 4) is 5.75 Å². The van der Waals surface area contributed by atoms with Crippen LogP contribution in [0.5, 0.6) is 5.75 Å². The highest BCUT2D eigenvalue weighted by molar-refractivity contribution is 7.93. The normalized spacial score (nSPS) is 12.1. The maximum atomic E-state index is 14.0. The van der Waals surface area contributed by atoms with E-state index < -0.39 is 55.8 Å². The van der Waals surface area contributed by atoms with Crippen molar-refractivity contribution in [2.75, 3.05) is 41.1 Å². The molecular weight excluding hydrogens is 687 g/mol. The molecule has 1 atom stereocenters. The SMILES string of the molecule is COc1ccc(S(=O)(=O)N(CC(N)=O)c2ccc(N(CC(N)=O)S(=O)(=O)c3ccc(S(=O)CCN=C=S)cc3)c3ccccc23)cc1. The summed E-state index contributed by atoms with van der Waals surface area (Å²) in [6.45, 7) is -1.31. The number of sulfonamides is 2. The lowest BCUT2D eigenvalue weighted by atomic mass is 10.1. The van der Waals surface area contributed by atoms with Gasteiger partial charge in [-0.15, -0.1) is 0 Å². The Hall–Kier alpha value is -4.67. The van der Waals surface area contributed by atoms with Crippen LogP contribution in [0.4, 0.5) is 11.4 Å². The molecule has 0 aromatic heterocycles. The van der Waals surface area contributed by atoms with Crippen molar-refractivity contribution >= 4 is 82.2 Å². The number of rotatable bonds is 15. The molecule has 4 aromatic carbocycles. The van der Waals surface area contributed by atoms with E-state index >= 15 is 0 Å². The van der Waals surface area contributed by atoms with Gasteiger partial charge in [-0.05, 0) is 72.9 Å². The van der Waals surface area contributed by atoms with Crippen molar-refractivity contribution in [2.45, 2.75) is 14.7 Å². The Morgan fingerprint density at radius 2 is 1.23 bits per heavy atom. The molecule has 0 radical (unpaired) electrons. The van der Waals surface area contributed by atoms with Gasteiger partial charge in [-0.3, -0.25) is 22.4 Å². The van der Waals surface area contributed by atoms with Crippen LogP contribution in [0.1, 0.15) is 0 Å². The van der Waals surface area contributed by atoms with Gasteiger partial charge in [0.1, 0.15) is 18.8 Å². The summed E-state index contributed by atoms with van der Waals surface area (Å²) in [4.78, 5) is 28.1. The maximum Gasteiger partial charge on any atom is 0.264 e. The number of thiocarbonyl (C=S) groups is 1. The zero-order valence-corrected chi connectivity index (χ0v) is 28.1. The zero-order valence-electron chi connectivity index (χ0n) is 24.8. The number of methoxy groups -OCH3 is 1. The van der Waals surface area contributed by atoms with Crippen LogP contribution < -0.4 is 24.8 Å². The van der Waals surface area contributed by atoms with Crippen LogP contribution in [-0.2, 0) is 40.4 Å². The third-order valence-electron chi connectivity index (χ3n) is 6.79. The summed E-state index contributed by atoms with van der Waals surface area (Å²) in [6, 6.07) is 19.7. The highest BCUT2D eigenvalue weighted by Gasteiger charge is 2.32. The van der Waals surface area contributed by atoms with Gasteiger partial charge in [0.25, 0.3) is 20.0 Å². The van der Waals surface area contributed by atoms with Crippen molar-refractivity contribution in [1.29, 1.82) is 0 Å². The number of aliphatic imine (C=N–C) groups is 1. The largest absolute Gasteiger partial charge is 0.497 e. The van der Waals surface area contributed by atoms with Crippen LogP contribution in [0.2, 0.25) is 0 Å². The topological polar surface area (TPSA) is 200 Å².